The second-order valence-electron chi connectivity index (χ2n) is 6.79. The summed E-state index contributed by atoms with van der Waals surface area (Å²) in [7, 11) is 0. The molecule has 3 rings (SSSR count). The summed E-state index contributed by atoms with van der Waals surface area (Å²) in [4.78, 5) is 14.6. The topological polar surface area (TPSA) is 59.4 Å². The number of amides is 1. The number of aromatic nitrogens is 2. The van der Waals surface area contributed by atoms with Gasteiger partial charge in [0.25, 0.3) is 5.91 Å². The van der Waals surface area contributed by atoms with Crippen molar-refractivity contribution in [3.8, 4) is 0 Å². The van der Waals surface area contributed by atoms with Crippen molar-refractivity contribution >= 4 is 17.5 Å². The van der Waals surface area contributed by atoms with Gasteiger partial charge in [-0.3, -0.25) is 14.4 Å². The molecular formula is C19H25ClN4O2. The number of carbonyl (C=O) groups excluding carboxylic acids is 1. The Morgan fingerprint density at radius 3 is 2.77 bits per heavy atom. The third-order valence-electron chi connectivity index (χ3n) is 4.39. The lowest BCUT2D eigenvalue weighted by Gasteiger charge is -2.35. The van der Waals surface area contributed by atoms with Crippen LogP contribution >= 0.6 is 11.6 Å². The zero-order valence-electron chi connectivity index (χ0n) is 15.2. The van der Waals surface area contributed by atoms with Crippen LogP contribution < -0.4 is 5.32 Å². The highest BCUT2D eigenvalue weighted by Gasteiger charge is 2.21. The molecule has 1 aliphatic rings. The Kier molecular flexibility index (Phi) is 6.29. The maximum atomic E-state index is 12.3. The van der Waals surface area contributed by atoms with E-state index in [0.29, 0.717) is 23.7 Å². The van der Waals surface area contributed by atoms with Crippen LogP contribution in [0.2, 0.25) is 5.02 Å². The van der Waals surface area contributed by atoms with Gasteiger partial charge >= 0.3 is 0 Å². The van der Waals surface area contributed by atoms with Gasteiger partial charge in [0.05, 0.1) is 30.5 Å². The predicted octanol–water partition coefficient (Wildman–Crippen LogP) is 2.42. The highest BCUT2D eigenvalue weighted by Crippen LogP contribution is 2.16. The van der Waals surface area contributed by atoms with Crippen LogP contribution in [-0.4, -0.2) is 59.0 Å². The molecule has 140 valence electrons. The Hall–Kier alpha value is -1.89. The van der Waals surface area contributed by atoms with Crippen molar-refractivity contribution in [3.05, 3.63) is 52.8 Å². The number of carbonyl (C=O) groups is 1. The standard InChI is InChI=1S/C19H25ClN4O2/c1-14-10-23(11-15(2)26-14)8-7-21-19(25)17-9-22-24(13-17)12-16-5-3-4-6-18(16)20/h3-6,9,13-15H,7-8,10-12H2,1-2H3,(H,21,25)/t14-,15-/m1/s1. The molecule has 1 saturated heterocycles. The molecule has 1 aromatic heterocycles. The van der Waals surface area contributed by atoms with Gasteiger partial charge in [-0.25, -0.2) is 0 Å². The molecule has 0 unspecified atom stereocenters. The van der Waals surface area contributed by atoms with Gasteiger partial charge in [0, 0.05) is 37.4 Å². The number of nitrogens with zero attached hydrogens (tertiary/aromatic N) is 3. The van der Waals surface area contributed by atoms with E-state index in [2.05, 4.69) is 29.2 Å². The smallest absolute Gasteiger partial charge is 0.254 e. The summed E-state index contributed by atoms with van der Waals surface area (Å²) in [6.07, 6.45) is 3.80. The van der Waals surface area contributed by atoms with Gasteiger partial charge in [-0.1, -0.05) is 29.8 Å². The average molecular weight is 377 g/mol. The average Bonchev–Trinajstić information content (AvgIpc) is 3.05. The summed E-state index contributed by atoms with van der Waals surface area (Å²) in [6.45, 7) is 7.91. The fourth-order valence-electron chi connectivity index (χ4n) is 3.27. The molecule has 1 aliphatic heterocycles. The van der Waals surface area contributed by atoms with Crippen molar-refractivity contribution in [2.45, 2.75) is 32.6 Å². The quantitative estimate of drug-likeness (QED) is 0.841. The van der Waals surface area contributed by atoms with Crippen LogP contribution in [0.4, 0.5) is 0 Å². The Morgan fingerprint density at radius 1 is 1.31 bits per heavy atom. The van der Waals surface area contributed by atoms with Crippen molar-refractivity contribution in [2.24, 2.45) is 0 Å². The molecule has 0 aliphatic carbocycles. The molecule has 1 N–H and O–H groups in total. The lowest BCUT2D eigenvalue weighted by atomic mass is 10.2. The number of hydrogen-bond acceptors (Lipinski definition) is 4. The van der Waals surface area contributed by atoms with Crippen LogP contribution in [0.15, 0.2) is 36.7 Å². The van der Waals surface area contributed by atoms with E-state index in [4.69, 9.17) is 16.3 Å². The summed E-state index contributed by atoms with van der Waals surface area (Å²) in [5.41, 5.74) is 1.53. The van der Waals surface area contributed by atoms with Crippen LogP contribution in [0, 0.1) is 0 Å². The molecule has 0 bridgehead atoms. The number of nitrogens with one attached hydrogen (secondary N) is 1. The summed E-state index contributed by atoms with van der Waals surface area (Å²) >= 11 is 6.17. The Labute approximate surface area is 159 Å². The minimum Gasteiger partial charge on any atom is -0.373 e. The normalized spacial score (nSPS) is 20.9. The maximum Gasteiger partial charge on any atom is 0.254 e. The number of ether oxygens (including phenoxy) is 1. The van der Waals surface area contributed by atoms with E-state index in [9.17, 15) is 4.79 Å². The second-order valence-corrected chi connectivity index (χ2v) is 7.20. The van der Waals surface area contributed by atoms with Gasteiger partial charge in [-0.15, -0.1) is 0 Å². The molecule has 0 saturated carbocycles. The van der Waals surface area contributed by atoms with Crippen molar-refractivity contribution in [1.29, 1.82) is 0 Å². The number of rotatable bonds is 6. The van der Waals surface area contributed by atoms with Crippen molar-refractivity contribution in [1.82, 2.24) is 20.0 Å². The van der Waals surface area contributed by atoms with E-state index in [0.717, 1.165) is 25.2 Å². The summed E-state index contributed by atoms with van der Waals surface area (Å²) in [5.74, 6) is -0.107. The fraction of sp³-hybridized carbons (Fsp3) is 0.474. The maximum absolute atomic E-state index is 12.3. The van der Waals surface area contributed by atoms with Crippen molar-refractivity contribution in [3.63, 3.8) is 0 Å². The zero-order valence-corrected chi connectivity index (χ0v) is 15.9. The van der Waals surface area contributed by atoms with Crippen molar-refractivity contribution in [2.75, 3.05) is 26.2 Å². The second kappa shape index (κ2) is 8.66. The van der Waals surface area contributed by atoms with Crippen LogP contribution in [0.3, 0.4) is 0 Å². The minimum atomic E-state index is -0.107. The molecule has 1 fully saturated rings. The Balaban J connectivity index is 1.48. The van der Waals surface area contributed by atoms with Crippen LogP contribution in [0.25, 0.3) is 0 Å². The van der Waals surface area contributed by atoms with E-state index < -0.39 is 0 Å². The van der Waals surface area contributed by atoms with Gasteiger partial charge in [0.15, 0.2) is 0 Å². The molecule has 1 aromatic carbocycles. The molecule has 26 heavy (non-hydrogen) atoms. The largest absolute Gasteiger partial charge is 0.373 e. The third-order valence-corrected chi connectivity index (χ3v) is 4.76. The van der Waals surface area contributed by atoms with Crippen LogP contribution in [0.5, 0.6) is 0 Å². The highest BCUT2D eigenvalue weighted by atomic mass is 35.5. The highest BCUT2D eigenvalue weighted by molar-refractivity contribution is 6.31. The first-order valence-electron chi connectivity index (χ1n) is 8.93. The van der Waals surface area contributed by atoms with Gasteiger partial charge in [-0.05, 0) is 25.5 Å². The van der Waals surface area contributed by atoms with E-state index in [1.165, 1.54) is 0 Å². The predicted molar refractivity (Wildman–Crippen MR) is 102 cm³/mol. The number of hydrogen-bond donors (Lipinski definition) is 1. The molecule has 2 aromatic rings. The summed E-state index contributed by atoms with van der Waals surface area (Å²) in [6, 6.07) is 7.63. The molecule has 1 amide bonds. The Bertz CT molecular complexity index is 739. The van der Waals surface area contributed by atoms with E-state index in [1.54, 1.807) is 17.1 Å². The molecule has 2 atom stereocenters. The monoisotopic (exact) mass is 376 g/mol. The fourth-order valence-corrected chi connectivity index (χ4v) is 3.46. The molecule has 6 nitrogen and oxygen atoms in total. The third kappa shape index (κ3) is 5.06. The van der Waals surface area contributed by atoms with Gasteiger partial charge < -0.3 is 10.1 Å². The van der Waals surface area contributed by atoms with Gasteiger partial charge in [0.1, 0.15) is 0 Å². The molecule has 0 spiro atoms. The number of morpholine rings is 1. The first kappa shape index (κ1) is 18.9. The minimum absolute atomic E-state index is 0.107. The van der Waals surface area contributed by atoms with E-state index in [1.807, 2.05) is 24.3 Å². The summed E-state index contributed by atoms with van der Waals surface area (Å²) in [5, 5.41) is 7.92. The number of benzene rings is 1. The van der Waals surface area contributed by atoms with Gasteiger partial charge in [-0.2, -0.15) is 5.10 Å². The lowest BCUT2D eigenvalue weighted by molar-refractivity contribution is -0.0672. The summed E-state index contributed by atoms with van der Waals surface area (Å²) < 4.78 is 7.45. The van der Waals surface area contributed by atoms with E-state index in [-0.39, 0.29) is 18.1 Å². The number of halogens is 1. The Morgan fingerprint density at radius 2 is 2.04 bits per heavy atom. The molecule has 0 radical (unpaired) electrons. The van der Waals surface area contributed by atoms with Crippen molar-refractivity contribution < 1.29 is 9.53 Å². The van der Waals surface area contributed by atoms with Crippen LogP contribution in [-0.2, 0) is 11.3 Å². The zero-order chi connectivity index (χ0) is 18.5. The van der Waals surface area contributed by atoms with Gasteiger partial charge in [0.2, 0.25) is 0 Å². The molecule has 7 heteroatoms. The first-order valence-corrected chi connectivity index (χ1v) is 9.31. The SMILES string of the molecule is C[C@@H]1CN(CCNC(=O)c2cnn(Cc3ccccc3Cl)c2)C[C@@H](C)O1. The van der Waals surface area contributed by atoms with Crippen LogP contribution in [0.1, 0.15) is 29.8 Å². The first-order chi connectivity index (χ1) is 12.5. The molecular weight excluding hydrogens is 352 g/mol. The van der Waals surface area contributed by atoms with E-state index >= 15 is 0 Å². The lowest BCUT2D eigenvalue weighted by Crippen LogP contribution is -2.47. The molecule has 2 heterocycles.